The van der Waals surface area contributed by atoms with Crippen LogP contribution in [0.3, 0.4) is 0 Å². The number of amides is 1. The minimum Gasteiger partial charge on any atom is -0.493 e. The third-order valence-electron chi connectivity index (χ3n) is 7.27. The molecule has 5 heterocycles. The van der Waals surface area contributed by atoms with Crippen molar-refractivity contribution in [1.82, 2.24) is 29.8 Å². The van der Waals surface area contributed by atoms with Crippen LogP contribution in [0.5, 0.6) is 5.75 Å². The lowest BCUT2D eigenvalue weighted by molar-refractivity contribution is 0.0673. The summed E-state index contributed by atoms with van der Waals surface area (Å²) in [6.45, 7) is 2.06. The fraction of sp³-hybridized carbons (Fsp3) is 0.310. The summed E-state index contributed by atoms with van der Waals surface area (Å²) in [5.74, 6) is 2.28. The van der Waals surface area contributed by atoms with E-state index >= 15 is 0 Å². The highest BCUT2D eigenvalue weighted by molar-refractivity contribution is 6.32. The number of ether oxygens (including phenoxy) is 1. The molecule has 0 atom stereocenters. The highest BCUT2D eigenvalue weighted by Crippen LogP contribution is 2.31. The van der Waals surface area contributed by atoms with Crippen molar-refractivity contribution < 1.29 is 9.53 Å². The summed E-state index contributed by atoms with van der Waals surface area (Å²) in [4.78, 5) is 35.9. The van der Waals surface area contributed by atoms with Gasteiger partial charge in [0.05, 0.1) is 30.9 Å². The smallest absolute Gasteiger partial charge is 0.274 e. The van der Waals surface area contributed by atoms with Crippen LogP contribution in [0.1, 0.15) is 40.9 Å². The molecule has 10 nitrogen and oxygen atoms in total. The van der Waals surface area contributed by atoms with E-state index in [4.69, 9.17) is 16.3 Å². The summed E-state index contributed by atoms with van der Waals surface area (Å²) in [5.41, 5.74) is 4.29. The van der Waals surface area contributed by atoms with E-state index in [0.29, 0.717) is 35.0 Å². The van der Waals surface area contributed by atoms with E-state index in [0.717, 1.165) is 73.4 Å². The van der Waals surface area contributed by atoms with Crippen molar-refractivity contribution >= 4 is 40.6 Å². The Bertz CT molecular complexity index is 1490. The van der Waals surface area contributed by atoms with E-state index in [1.165, 1.54) is 6.20 Å². The van der Waals surface area contributed by atoms with Gasteiger partial charge in [-0.05, 0) is 73.4 Å². The number of nitrogens with zero attached hydrogens (tertiary/aromatic N) is 6. The molecule has 204 valence electrons. The number of piperidine rings is 1. The van der Waals surface area contributed by atoms with Gasteiger partial charge < -0.3 is 20.3 Å². The number of hydrogen-bond donors (Lipinski definition) is 2. The number of halogens is 1. The molecule has 11 heteroatoms. The monoisotopic (exact) mass is 556 g/mol. The topological polar surface area (TPSA) is 118 Å². The average Bonchev–Trinajstić information content (AvgIpc) is 2.99. The fourth-order valence-electron chi connectivity index (χ4n) is 5.08. The maximum Gasteiger partial charge on any atom is 0.274 e. The predicted molar refractivity (Wildman–Crippen MR) is 152 cm³/mol. The quantitative estimate of drug-likeness (QED) is 0.341. The Kier molecular flexibility index (Phi) is 7.67. The zero-order valence-corrected chi connectivity index (χ0v) is 22.6. The van der Waals surface area contributed by atoms with Crippen molar-refractivity contribution in [3.63, 3.8) is 0 Å². The zero-order valence-electron chi connectivity index (χ0n) is 21.9. The number of carbonyl (C=O) groups excluding carboxylic acids is 1. The van der Waals surface area contributed by atoms with Crippen molar-refractivity contribution in [1.29, 1.82) is 0 Å². The highest BCUT2D eigenvalue weighted by Gasteiger charge is 2.24. The van der Waals surface area contributed by atoms with Crippen molar-refractivity contribution in [2.75, 3.05) is 30.3 Å². The van der Waals surface area contributed by atoms with Crippen LogP contribution < -0.4 is 15.4 Å². The molecule has 40 heavy (non-hydrogen) atoms. The number of rotatable bonds is 5. The van der Waals surface area contributed by atoms with Crippen LogP contribution in [0.2, 0.25) is 5.02 Å². The number of anilines is 4. The van der Waals surface area contributed by atoms with Gasteiger partial charge in [0.25, 0.3) is 5.91 Å². The van der Waals surface area contributed by atoms with Crippen LogP contribution in [0.4, 0.5) is 23.1 Å². The van der Waals surface area contributed by atoms with Gasteiger partial charge in [-0.15, -0.1) is 0 Å². The SMILES string of the molecule is O=C(c1cnccn1)N1CCC(CCOc2ccc3cc2CCc2cncc(c2)Nc2ncc(Cl)c(n2)N3)CC1. The molecule has 2 N–H and O–H groups in total. The van der Waals surface area contributed by atoms with Crippen LogP contribution in [0.15, 0.2) is 61.4 Å². The van der Waals surface area contributed by atoms with E-state index in [1.807, 2.05) is 23.2 Å². The van der Waals surface area contributed by atoms with Gasteiger partial charge in [-0.3, -0.25) is 14.8 Å². The molecule has 4 aromatic rings. The van der Waals surface area contributed by atoms with Gasteiger partial charge in [0.15, 0.2) is 5.82 Å². The Morgan fingerprint density at radius 1 is 0.975 bits per heavy atom. The Morgan fingerprint density at radius 3 is 2.73 bits per heavy atom. The maximum absolute atomic E-state index is 12.7. The third kappa shape index (κ3) is 6.12. The van der Waals surface area contributed by atoms with Gasteiger partial charge in [0, 0.05) is 37.4 Å². The maximum atomic E-state index is 12.7. The van der Waals surface area contributed by atoms with Crippen molar-refractivity contribution in [2.24, 2.45) is 5.92 Å². The molecule has 1 saturated heterocycles. The molecule has 0 aliphatic carbocycles. The highest BCUT2D eigenvalue weighted by atomic mass is 35.5. The second-order valence-corrected chi connectivity index (χ2v) is 10.4. The summed E-state index contributed by atoms with van der Waals surface area (Å²) < 4.78 is 6.33. The molecule has 1 fully saturated rings. The van der Waals surface area contributed by atoms with E-state index in [2.05, 4.69) is 47.7 Å². The Labute approximate surface area is 237 Å². The second kappa shape index (κ2) is 11.8. The molecule has 6 rings (SSSR count). The Morgan fingerprint density at radius 2 is 1.88 bits per heavy atom. The number of carbonyl (C=O) groups is 1. The molecular weight excluding hydrogens is 528 g/mol. The zero-order chi connectivity index (χ0) is 27.3. The van der Waals surface area contributed by atoms with Crippen LogP contribution in [0.25, 0.3) is 0 Å². The van der Waals surface area contributed by atoms with E-state index in [-0.39, 0.29) is 5.91 Å². The van der Waals surface area contributed by atoms with Crippen molar-refractivity contribution in [3.8, 4) is 5.75 Å². The van der Waals surface area contributed by atoms with E-state index in [9.17, 15) is 4.79 Å². The van der Waals surface area contributed by atoms with Crippen molar-refractivity contribution in [3.05, 3.63) is 83.3 Å². The van der Waals surface area contributed by atoms with Crippen molar-refractivity contribution in [2.45, 2.75) is 32.1 Å². The van der Waals surface area contributed by atoms with Crippen LogP contribution in [-0.2, 0) is 12.8 Å². The van der Waals surface area contributed by atoms with Gasteiger partial charge in [-0.2, -0.15) is 4.98 Å². The van der Waals surface area contributed by atoms with E-state index in [1.54, 1.807) is 24.8 Å². The number of aromatic nitrogens is 5. The first-order valence-corrected chi connectivity index (χ1v) is 13.8. The number of pyridine rings is 1. The first-order valence-electron chi connectivity index (χ1n) is 13.4. The number of benzene rings is 1. The molecule has 6 bridgehead atoms. The summed E-state index contributed by atoms with van der Waals surface area (Å²) in [6, 6.07) is 8.12. The minimum absolute atomic E-state index is 0.0486. The molecule has 1 aromatic carbocycles. The molecule has 0 unspecified atom stereocenters. The molecule has 3 aromatic heterocycles. The molecule has 2 aliphatic rings. The van der Waals surface area contributed by atoms with Gasteiger partial charge in [-0.1, -0.05) is 11.6 Å². The third-order valence-corrected chi connectivity index (χ3v) is 7.55. The standard InChI is InChI=1S/C29H29ClN8O2/c30-24-17-34-29-36-23-13-20(15-32-16-23)1-2-21-14-22(35-27(24)37-29)3-4-26(21)40-12-7-19-5-10-38(11-6-19)28(39)25-18-31-8-9-33-25/h3-4,8-9,13-19H,1-2,5-7,10-12H2,(H2,34,35,36,37). The molecule has 0 saturated carbocycles. The lowest BCUT2D eigenvalue weighted by atomic mass is 9.94. The van der Waals surface area contributed by atoms with Crippen LogP contribution >= 0.6 is 11.6 Å². The minimum atomic E-state index is -0.0486. The number of nitrogens with one attached hydrogen (secondary N) is 2. The fourth-order valence-corrected chi connectivity index (χ4v) is 5.22. The summed E-state index contributed by atoms with van der Waals surface area (Å²) in [6.07, 6.45) is 14.3. The average molecular weight is 557 g/mol. The largest absolute Gasteiger partial charge is 0.493 e. The summed E-state index contributed by atoms with van der Waals surface area (Å²) in [5, 5.41) is 6.96. The predicted octanol–water partition coefficient (Wildman–Crippen LogP) is 5.22. The second-order valence-electron chi connectivity index (χ2n) is 10.0. The number of fused-ring (bicyclic) bond motifs is 6. The first-order chi connectivity index (χ1) is 19.6. The Balaban J connectivity index is 1.11. The molecule has 1 amide bonds. The van der Waals surface area contributed by atoms with Crippen LogP contribution in [-0.4, -0.2) is 55.4 Å². The molecule has 2 aliphatic heterocycles. The van der Waals surface area contributed by atoms with Gasteiger partial charge in [-0.25, -0.2) is 9.97 Å². The lowest BCUT2D eigenvalue weighted by Gasteiger charge is -2.31. The first kappa shape index (κ1) is 25.9. The Hall–Kier alpha value is -4.31. The van der Waals surface area contributed by atoms with Gasteiger partial charge >= 0.3 is 0 Å². The molecule has 0 spiro atoms. The van der Waals surface area contributed by atoms with Gasteiger partial charge in [0.2, 0.25) is 5.95 Å². The van der Waals surface area contributed by atoms with E-state index < -0.39 is 0 Å². The number of likely N-dealkylation sites (tertiary alicyclic amines) is 1. The van der Waals surface area contributed by atoms with Gasteiger partial charge in [0.1, 0.15) is 16.5 Å². The van der Waals surface area contributed by atoms with Crippen LogP contribution in [0, 0.1) is 5.92 Å². The molecular formula is C29H29ClN8O2. The number of hydrogen-bond acceptors (Lipinski definition) is 9. The lowest BCUT2D eigenvalue weighted by Crippen LogP contribution is -2.39. The summed E-state index contributed by atoms with van der Waals surface area (Å²) >= 11 is 6.38. The molecule has 0 radical (unpaired) electrons. The summed E-state index contributed by atoms with van der Waals surface area (Å²) in [7, 11) is 0. The number of aryl methyl sites for hydroxylation is 2. The normalized spacial score (nSPS) is 15.1.